The van der Waals surface area contributed by atoms with Crippen molar-refractivity contribution < 1.29 is 9.53 Å². The van der Waals surface area contributed by atoms with Gasteiger partial charge in [-0.2, -0.15) is 0 Å². The van der Waals surface area contributed by atoms with Crippen molar-refractivity contribution in [2.45, 2.75) is 12.1 Å². The number of para-hydroxylation sites is 1. The fourth-order valence-corrected chi connectivity index (χ4v) is 5.51. The van der Waals surface area contributed by atoms with Gasteiger partial charge in [0.2, 0.25) is 0 Å². The maximum Gasteiger partial charge on any atom is 0.262 e. The number of benzene rings is 2. The first-order valence-electron chi connectivity index (χ1n) is 10.9. The Bertz CT molecular complexity index is 1320. The molecule has 176 valence electrons. The van der Waals surface area contributed by atoms with Crippen LogP contribution in [0.5, 0.6) is 5.75 Å². The first kappa shape index (κ1) is 23.3. The molecule has 0 aliphatic carbocycles. The molecule has 0 unspecified atom stereocenters. The Labute approximate surface area is 217 Å². The van der Waals surface area contributed by atoms with Crippen LogP contribution in [0.1, 0.15) is 22.7 Å². The largest absolute Gasteiger partial charge is 0.484 e. The number of anilines is 2. The van der Waals surface area contributed by atoms with Crippen molar-refractivity contribution in [2.75, 3.05) is 16.8 Å². The van der Waals surface area contributed by atoms with Gasteiger partial charge in [0, 0.05) is 22.4 Å². The highest BCUT2D eigenvalue weighted by Gasteiger charge is 2.41. The Kier molecular flexibility index (Phi) is 6.94. The number of aromatic nitrogens is 1. The highest BCUT2D eigenvalue weighted by molar-refractivity contribution is 7.80. The van der Waals surface area contributed by atoms with Crippen molar-refractivity contribution in [3.05, 3.63) is 106 Å². The lowest BCUT2D eigenvalue weighted by Gasteiger charge is -2.27. The van der Waals surface area contributed by atoms with E-state index in [0.29, 0.717) is 20.9 Å². The maximum atomic E-state index is 12.3. The SMILES string of the molecule is O=C(COc1ccccc1)Nc1ccc(N2C(=S)N[C@@H](c3ccccn3)[C@@H]2c2ccc(Cl)s2)cc1. The van der Waals surface area contributed by atoms with E-state index < -0.39 is 0 Å². The third-order valence-corrected chi connectivity index (χ3v) is 7.14. The molecular weight excluding hydrogens is 500 g/mol. The zero-order valence-electron chi connectivity index (χ0n) is 18.4. The molecule has 3 heterocycles. The normalized spacial score (nSPS) is 17.2. The zero-order chi connectivity index (χ0) is 24.2. The summed E-state index contributed by atoms with van der Waals surface area (Å²) < 4.78 is 6.23. The van der Waals surface area contributed by atoms with Crippen LogP contribution in [-0.2, 0) is 4.79 Å². The number of pyridine rings is 1. The van der Waals surface area contributed by atoms with Crippen LogP contribution in [0.15, 0.2) is 91.1 Å². The number of carbonyl (C=O) groups is 1. The number of halogens is 1. The number of ether oxygens (including phenoxy) is 1. The molecule has 1 amide bonds. The smallest absolute Gasteiger partial charge is 0.262 e. The second kappa shape index (κ2) is 10.4. The van der Waals surface area contributed by atoms with Crippen LogP contribution in [0.25, 0.3) is 0 Å². The van der Waals surface area contributed by atoms with Crippen LogP contribution in [0.4, 0.5) is 11.4 Å². The van der Waals surface area contributed by atoms with Crippen LogP contribution in [0.2, 0.25) is 4.34 Å². The lowest BCUT2D eigenvalue weighted by Crippen LogP contribution is -2.29. The molecule has 0 radical (unpaired) electrons. The summed E-state index contributed by atoms with van der Waals surface area (Å²) in [5, 5.41) is 6.89. The number of carbonyl (C=O) groups excluding carboxylic acids is 1. The quantitative estimate of drug-likeness (QED) is 0.292. The van der Waals surface area contributed by atoms with E-state index in [1.807, 2.05) is 84.9 Å². The summed E-state index contributed by atoms with van der Waals surface area (Å²) in [7, 11) is 0. The van der Waals surface area contributed by atoms with Gasteiger partial charge >= 0.3 is 0 Å². The Balaban J connectivity index is 1.34. The Morgan fingerprint density at radius 2 is 1.83 bits per heavy atom. The predicted octanol–water partition coefficient (Wildman–Crippen LogP) is 5.99. The fraction of sp³-hybridized carbons (Fsp3) is 0.115. The fourth-order valence-electron chi connectivity index (χ4n) is 3.98. The Hall–Kier alpha value is -3.46. The van der Waals surface area contributed by atoms with Crippen molar-refractivity contribution in [1.82, 2.24) is 10.3 Å². The first-order chi connectivity index (χ1) is 17.1. The molecule has 2 aromatic carbocycles. The highest BCUT2D eigenvalue weighted by atomic mass is 35.5. The average molecular weight is 521 g/mol. The van der Waals surface area contributed by atoms with Gasteiger partial charge in [0.1, 0.15) is 5.75 Å². The summed E-state index contributed by atoms with van der Waals surface area (Å²) in [6.07, 6.45) is 1.78. The van der Waals surface area contributed by atoms with Crippen molar-refractivity contribution in [2.24, 2.45) is 0 Å². The van der Waals surface area contributed by atoms with Gasteiger partial charge in [-0.3, -0.25) is 9.78 Å². The second-order valence-corrected chi connectivity index (χ2v) is 9.97. The van der Waals surface area contributed by atoms with Gasteiger partial charge in [-0.25, -0.2) is 0 Å². The first-order valence-corrected chi connectivity index (χ1v) is 12.5. The number of thiophene rings is 1. The van der Waals surface area contributed by atoms with Crippen LogP contribution in [0.3, 0.4) is 0 Å². The number of thiocarbonyl (C=S) groups is 1. The van der Waals surface area contributed by atoms with Crippen LogP contribution < -0.4 is 20.3 Å². The molecule has 5 rings (SSSR count). The Morgan fingerprint density at radius 3 is 2.51 bits per heavy atom. The standard InChI is InChI=1S/C26H21ClN4O2S2/c27-22-14-13-21(35-22)25-24(20-8-4-5-15-28-20)30-26(34)31(25)18-11-9-17(10-12-18)29-23(32)16-33-19-6-2-1-3-7-19/h1-15,24-25H,16H2,(H,29,32)(H,30,34)/t24-,25-/m0/s1. The molecule has 2 atom stereocenters. The molecule has 1 fully saturated rings. The predicted molar refractivity (Wildman–Crippen MR) is 144 cm³/mol. The van der Waals surface area contributed by atoms with Gasteiger partial charge in [0.15, 0.2) is 11.7 Å². The van der Waals surface area contributed by atoms with Crippen molar-refractivity contribution in [3.63, 3.8) is 0 Å². The van der Waals surface area contributed by atoms with Gasteiger partial charge < -0.3 is 20.3 Å². The van der Waals surface area contributed by atoms with Gasteiger partial charge in [-0.15, -0.1) is 11.3 Å². The number of amides is 1. The number of nitrogens with zero attached hydrogens (tertiary/aromatic N) is 2. The third-order valence-electron chi connectivity index (χ3n) is 5.53. The zero-order valence-corrected chi connectivity index (χ0v) is 20.8. The summed E-state index contributed by atoms with van der Waals surface area (Å²) in [5.41, 5.74) is 2.47. The minimum atomic E-state index is -0.235. The highest BCUT2D eigenvalue weighted by Crippen LogP contribution is 2.44. The van der Waals surface area contributed by atoms with Crippen molar-refractivity contribution >= 4 is 57.5 Å². The molecule has 9 heteroatoms. The molecule has 2 N–H and O–H groups in total. The van der Waals surface area contributed by atoms with Gasteiger partial charge in [-0.1, -0.05) is 35.9 Å². The van der Waals surface area contributed by atoms with Gasteiger partial charge in [0.25, 0.3) is 5.91 Å². The number of rotatable bonds is 7. The van der Waals surface area contributed by atoms with E-state index in [4.69, 9.17) is 28.6 Å². The van der Waals surface area contributed by atoms with E-state index in [-0.39, 0.29) is 24.6 Å². The lowest BCUT2D eigenvalue weighted by molar-refractivity contribution is -0.118. The van der Waals surface area contributed by atoms with E-state index >= 15 is 0 Å². The minimum Gasteiger partial charge on any atom is -0.484 e. The Morgan fingerprint density at radius 1 is 1.06 bits per heavy atom. The average Bonchev–Trinajstić information content (AvgIpc) is 3.47. The molecule has 1 aliphatic rings. The van der Waals surface area contributed by atoms with Crippen LogP contribution in [-0.4, -0.2) is 22.6 Å². The topological polar surface area (TPSA) is 66.5 Å². The molecule has 1 aliphatic heterocycles. The summed E-state index contributed by atoms with van der Waals surface area (Å²) in [5.74, 6) is 0.413. The molecule has 4 aromatic rings. The summed E-state index contributed by atoms with van der Waals surface area (Å²) in [4.78, 5) is 20.0. The van der Waals surface area contributed by atoms with Crippen LogP contribution >= 0.6 is 35.2 Å². The van der Waals surface area contributed by atoms with Crippen molar-refractivity contribution in [1.29, 1.82) is 0 Å². The molecule has 6 nitrogen and oxygen atoms in total. The van der Waals surface area contributed by atoms with E-state index in [0.717, 1.165) is 16.3 Å². The lowest BCUT2D eigenvalue weighted by atomic mass is 10.0. The second-order valence-electron chi connectivity index (χ2n) is 7.84. The molecule has 2 aromatic heterocycles. The van der Waals surface area contributed by atoms with Gasteiger partial charge in [-0.05, 0) is 72.9 Å². The van der Waals surface area contributed by atoms with E-state index in [1.54, 1.807) is 6.20 Å². The number of hydrogen-bond acceptors (Lipinski definition) is 5. The summed E-state index contributed by atoms with van der Waals surface area (Å²) >= 11 is 13.5. The number of hydrogen-bond donors (Lipinski definition) is 2. The minimum absolute atomic E-state index is 0.0706. The molecule has 0 spiro atoms. The van der Waals surface area contributed by atoms with E-state index in [2.05, 4.69) is 20.5 Å². The molecule has 35 heavy (non-hydrogen) atoms. The summed E-state index contributed by atoms with van der Waals surface area (Å²) in [6.45, 7) is -0.0706. The van der Waals surface area contributed by atoms with Crippen molar-refractivity contribution in [3.8, 4) is 5.75 Å². The van der Waals surface area contributed by atoms with E-state index in [9.17, 15) is 4.79 Å². The number of nitrogens with one attached hydrogen (secondary N) is 2. The molecule has 1 saturated heterocycles. The molecular formula is C26H21ClN4O2S2. The van der Waals surface area contributed by atoms with Crippen LogP contribution in [0, 0.1) is 0 Å². The summed E-state index contributed by atoms with van der Waals surface area (Å²) in [6, 6.07) is 26.3. The van der Waals surface area contributed by atoms with Gasteiger partial charge in [0.05, 0.1) is 22.1 Å². The molecule has 0 saturated carbocycles. The maximum absolute atomic E-state index is 12.3. The monoisotopic (exact) mass is 520 g/mol. The third kappa shape index (κ3) is 5.30. The van der Waals surface area contributed by atoms with E-state index in [1.165, 1.54) is 11.3 Å². The molecule has 0 bridgehead atoms.